The third kappa shape index (κ3) is 5.30. The van der Waals surface area contributed by atoms with E-state index in [1.807, 2.05) is 24.3 Å². The van der Waals surface area contributed by atoms with Gasteiger partial charge in [0, 0.05) is 61.5 Å². The second-order valence-corrected chi connectivity index (χ2v) is 7.97. The Bertz CT molecular complexity index is 1210. The fraction of sp³-hybridized carbons (Fsp3) is 0.200. The summed E-state index contributed by atoms with van der Waals surface area (Å²) in [5.74, 6) is 6.70. The van der Waals surface area contributed by atoms with Crippen molar-refractivity contribution in [2.45, 2.75) is 6.92 Å². The van der Waals surface area contributed by atoms with Gasteiger partial charge in [0.25, 0.3) is 5.91 Å². The van der Waals surface area contributed by atoms with Gasteiger partial charge in [0.1, 0.15) is 11.5 Å². The molecule has 1 aliphatic rings. The van der Waals surface area contributed by atoms with Crippen LogP contribution in [0.5, 0.6) is 11.5 Å². The zero-order valence-corrected chi connectivity index (χ0v) is 18.8. The highest BCUT2D eigenvalue weighted by molar-refractivity contribution is 6.34. The summed E-state index contributed by atoms with van der Waals surface area (Å²) in [4.78, 5) is 21.7. The van der Waals surface area contributed by atoms with E-state index in [1.165, 1.54) is 0 Å². The number of pyridine rings is 2. The quantitative estimate of drug-likeness (QED) is 0.407. The van der Waals surface area contributed by atoms with Gasteiger partial charge in [0.2, 0.25) is 0 Å². The first-order valence-corrected chi connectivity index (χ1v) is 10.8. The number of likely N-dealkylation sites (tertiary alicyclic amines) is 1. The number of nitrogens with one attached hydrogen (secondary N) is 2. The number of halogens is 1. The van der Waals surface area contributed by atoms with Crippen LogP contribution in [0, 0.1) is 23.2 Å². The lowest BCUT2D eigenvalue weighted by molar-refractivity contribution is -0.130. The van der Waals surface area contributed by atoms with Crippen LogP contribution in [-0.4, -0.2) is 46.1 Å². The molecule has 1 aromatic carbocycles. The number of anilines is 1. The molecule has 3 heterocycles. The molecule has 166 valence electrons. The Morgan fingerprint density at radius 3 is 2.55 bits per heavy atom. The first-order chi connectivity index (χ1) is 16.0. The van der Waals surface area contributed by atoms with Gasteiger partial charge in [-0.2, -0.15) is 0 Å². The van der Waals surface area contributed by atoms with Gasteiger partial charge in [-0.1, -0.05) is 17.5 Å². The van der Waals surface area contributed by atoms with Crippen molar-refractivity contribution in [1.82, 2.24) is 14.9 Å². The molecule has 0 atom stereocenters. The molecular weight excluding hydrogens is 438 g/mol. The van der Waals surface area contributed by atoms with Crippen molar-refractivity contribution < 1.29 is 9.53 Å². The molecule has 4 rings (SSSR count). The molecule has 0 unspecified atom stereocenters. The van der Waals surface area contributed by atoms with Crippen LogP contribution < -0.4 is 10.1 Å². The number of hydrogen-bond donors (Lipinski definition) is 2. The summed E-state index contributed by atoms with van der Waals surface area (Å²) in [6.07, 6.45) is 6.52. The van der Waals surface area contributed by atoms with E-state index in [9.17, 15) is 4.79 Å². The molecule has 3 aromatic rings. The first-order valence-electron chi connectivity index (χ1n) is 10.4. The molecule has 7 nitrogen and oxygen atoms in total. The topological polar surface area (TPSA) is 91.2 Å². The van der Waals surface area contributed by atoms with E-state index < -0.39 is 0 Å². The van der Waals surface area contributed by atoms with E-state index in [0.29, 0.717) is 64.6 Å². The van der Waals surface area contributed by atoms with Crippen LogP contribution >= 0.6 is 11.6 Å². The van der Waals surface area contributed by atoms with E-state index >= 15 is 0 Å². The molecule has 0 radical (unpaired) electrons. The Morgan fingerprint density at radius 1 is 1.15 bits per heavy atom. The maximum Gasteiger partial charge on any atom is 0.298 e. The lowest BCUT2D eigenvalue weighted by Crippen LogP contribution is -2.52. The van der Waals surface area contributed by atoms with Crippen molar-refractivity contribution in [3.63, 3.8) is 0 Å². The molecular formula is C25H22ClN5O2. The second kappa shape index (κ2) is 10.2. The van der Waals surface area contributed by atoms with Crippen molar-refractivity contribution in [3.8, 4) is 23.3 Å². The van der Waals surface area contributed by atoms with Crippen molar-refractivity contribution in [1.29, 1.82) is 5.41 Å². The molecule has 1 aliphatic heterocycles. The van der Waals surface area contributed by atoms with Gasteiger partial charge in [-0.15, -0.1) is 0 Å². The predicted octanol–water partition coefficient (Wildman–Crippen LogP) is 4.23. The molecule has 0 aliphatic carbocycles. The number of amides is 1. The fourth-order valence-corrected chi connectivity index (χ4v) is 3.71. The molecule has 8 heteroatoms. The SMILES string of the molecule is CC#CC(=O)N1CC(CNc2c(Cl)cncc2C(=N)c2ccc(Oc3ccncc3)cc2)C1. The van der Waals surface area contributed by atoms with Gasteiger partial charge in [-0.3, -0.25) is 20.2 Å². The highest BCUT2D eigenvalue weighted by Gasteiger charge is 2.30. The van der Waals surface area contributed by atoms with Gasteiger partial charge in [-0.05, 0) is 49.2 Å². The van der Waals surface area contributed by atoms with Crippen molar-refractivity contribution in [2.24, 2.45) is 5.92 Å². The Kier molecular flexibility index (Phi) is 6.86. The average molecular weight is 460 g/mol. The number of carbonyl (C=O) groups is 1. The zero-order chi connectivity index (χ0) is 23.2. The average Bonchev–Trinajstić information content (AvgIpc) is 2.80. The number of ether oxygens (including phenoxy) is 1. The zero-order valence-electron chi connectivity index (χ0n) is 18.0. The summed E-state index contributed by atoms with van der Waals surface area (Å²) in [7, 11) is 0. The van der Waals surface area contributed by atoms with E-state index in [-0.39, 0.29) is 5.91 Å². The minimum atomic E-state index is -0.144. The largest absolute Gasteiger partial charge is 0.457 e. The van der Waals surface area contributed by atoms with Crippen LogP contribution in [-0.2, 0) is 4.79 Å². The molecule has 1 amide bonds. The smallest absolute Gasteiger partial charge is 0.298 e. The Morgan fingerprint density at radius 2 is 1.85 bits per heavy atom. The normalized spacial score (nSPS) is 12.8. The number of carbonyl (C=O) groups excluding carboxylic acids is 1. The first kappa shape index (κ1) is 22.3. The summed E-state index contributed by atoms with van der Waals surface area (Å²) < 4.78 is 5.79. The highest BCUT2D eigenvalue weighted by atomic mass is 35.5. The molecule has 2 N–H and O–H groups in total. The molecule has 33 heavy (non-hydrogen) atoms. The Balaban J connectivity index is 1.42. The molecule has 1 fully saturated rings. The van der Waals surface area contributed by atoms with Gasteiger partial charge in [-0.25, -0.2) is 0 Å². The summed E-state index contributed by atoms with van der Waals surface area (Å²) >= 11 is 6.41. The van der Waals surface area contributed by atoms with Crippen LogP contribution in [0.2, 0.25) is 5.02 Å². The number of aromatic nitrogens is 2. The molecule has 1 saturated heterocycles. The van der Waals surface area contributed by atoms with Crippen molar-refractivity contribution in [2.75, 3.05) is 25.0 Å². The summed E-state index contributed by atoms with van der Waals surface area (Å²) in [5, 5.41) is 12.5. The summed E-state index contributed by atoms with van der Waals surface area (Å²) in [6.45, 7) is 3.58. The molecule has 0 saturated carbocycles. The fourth-order valence-electron chi connectivity index (χ4n) is 3.49. The number of rotatable bonds is 7. The number of benzene rings is 1. The maximum atomic E-state index is 11.8. The van der Waals surface area contributed by atoms with Crippen LogP contribution in [0.3, 0.4) is 0 Å². The van der Waals surface area contributed by atoms with E-state index in [1.54, 1.807) is 48.7 Å². The molecule has 2 aromatic heterocycles. The monoisotopic (exact) mass is 459 g/mol. The Hall–Kier alpha value is -3.89. The number of nitrogens with zero attached hydrogens (tertiary/aromatic N) is 3. The lowest BCUT2D eigenvalue weighted by atomic mass is 9.99. The van der Waals surface area contributed by atoms with Crippen LogP contribution in [0.4, 0.5) is 5.69 Å². The lowest BCUT2D eigenvalue weighted by Gasteiger charge is -2.38. The maximum absolute atomic E-state index is 11.8. The van der Waals surface area contributed by atoms with Crippen LogP contribution in [0.15, 0.2) is 61.2 Å². The van der Waals surface area contributed by atoms with Crippen LogP contribution in [0.25, 0.3) is 0 Å². The molecule has 0 spiro atoms. The van der Waals surface area contributed by atoms with Crippen molar-refractivity contribution in [3.05, 3.63) is 77.3 Å². The minimum absolute atomic E-state index is 0.144. The summed E-state index contributed by atoms with van der Waals surface area (Å²) in [5.41, 5.74) is 2.27. The van der Waals surface area contributed by atoms with E-state index in [4.69, 9.17) is 21.7 Å². The molecule has 0 bridgehead atoms. The predicted molar refractivity (Wildman–Crippen MR) is 128 cm³/mol. The minimum Gasteiger partial charge on any atom is -0.457 e. The van der Waals surface area contributed by atoms with Gasteiger partial charge >= 0.3 is 0 Å². The van der Waals surface area contributed by atoms with Gasteiger partial charge < -0.3 is 15.0 Å². The third-order valence-electron chi connectivity index (χ3n) is 5.24. The van der Waals surface area contributed by atoms with E-state index in [0.717, 1.165) is 0 Å². The second-order valence-electron chi connectivity index (χ2n) is 7.56. The van der Waals surface area contributed by atoms with Gasteiger partial charge in [0.15, 0.2) is 0 Å². The van der Waals surface area contributed by atoms with Crippen molar-refractivity contribution >= 4 is 28.9 Å². The number of hydrogen-bond acceptors (Lipinski definition) is 6. The highest BCUT2D eigenvalue weighted by Crippen LogP contribution is 2.29. The summed E-state index contributed by atoms with van der Waals surface area (Å²) in [6, 6.07) is 10.8. The van der Waals surface area contributed by atoms with E-state index in [2.05, 4.69) is 27.1 Å². The Labute approximate surface area is 197 Å². The van der Waals surface area contributed by atoms with Gasteiger partial charge in [0.05, 0.1) is 16.4 Å². The third-order valence-corrected chi connectivity index (χ3v) is 5.53. The standard InChI is InChI=1S/C25H22ClN5O2/c1-2-3-23(32)31-15-17(16-31)12-30-25-21(13-29-14-22(25)26)24(27)18-4-6-19(7-5-18)33-20-8-10-28-11-9-20/h4-11,13-14,17,27H,12,15-16H2,1H3,(H,29,30). The van der Waals surface area contributed by atoms with Crippen LogP contribution in [0.1, 0.15) is 18.1 Å².